The van der Waals surface area contributed by atoms with Gasteiger partial charge < -0.3 is 14.7 Å². The average molecular weight is 281 g/mol. The smallest absolute Gasteiger partial charge is 0.233 e. The Kier molecular flexibility index (Phi) is 5.24. The number of thioether (sulfide) groups is 1. The van der Waals surface area contributed by atoms with Gasteiger partial charge >= 0.3 is 0 Å². The molecule has 1 aromatic rings. The molecular weight excluding hydrogens is 262 g/mol. The van der Waals surface area contributed by atoms with Crippen molar-refractivity contribution in [2.24, 2.45) is 0 Å². The predicted molar refractivity (Wildman–Crippen MR) is 75.3 cm³/mol. The summed E-state index contributed by atoms with van der Waals surface area (Å²) in [7, 11) is 0. The van der Waals surface area contributed by atoms with E-state index in [1.807, 2.05) is 31.2 Å². The van der Waals surface area contributed by atoms with Crippen LogP contribution < -0.4 is 0 Å². The molecule has 1 aliphatic heterocycles. The zero-order valence-corrected chi connectivity index (χ0v) is 11.9. The summed E-state index contributed by atoms with van der Waals surface area (Å²) in [6.07, 6.45) is 0. The highest BCUT2D eigenvalue weighted by molar-refractivity contribution is 8.00. The van der Waals surface area contributed by atoms with E-state index in [2.05, 4.69) is 0 Å². The third kappa shape index (κ3) is 3.96. The molecule has 1 N–H and O–H groups in total. The molecule has 1 saturated heterocycles. The number of benzene rings is 1. The summed E-state index contributed by atoms with van der Waals surface area (Å²) in [5.74, 6) is 0.465. The van der Waals surface area contributed by atoms with Gasteiger partial charge in [-0.15, -0.1) is 11.8 Å². The molecule has 1 aliphatic rings. The summed E-state index contributed by atoms with van der Waals surface area (Å²) in [6, 6.07) is 7.93. The summed E-state index contributed by atoms with van der Waals surface area (Å²) in [6.45, 7) is 3.55. The number of carbonyl (C=O) groups excluding carboxylic acids is 1. The first-order chi connectivity index (χ1) is 9.20. The molecule has 0 aliphatic carbocycles. The lowest BCUT2D eigenvalue weighted by Crippen LogP contribution is -2.51. The van der Waals surface area contributed by atoms with Crippen molar-refractivity contribution in [1.82, 2.24) is 4.90 Å². The molecule has 2 rings (SSSR count). The van der Waals surface area contributed by atoms with E-state index in [1.165, 1.54) is 17.3 Å². The van der Waals surface area contributed by atoms with Crippen molar-refractivity contribution in [3.05, 3.63) is 29.8 Å². The minimum atomic E-state index is -0.195. The van der Waals surface area contributed by atoms with Gasteiger partial charge in [0.2, 0.25) is 5.91 Å². The number of hydrogen-bond acceptors (Lipinski definition) is 4. The molecule has 1 heterocycles. The van der Waals surface area contributed by atoms with E-state index in [-0.39, 0.29) is 18.6 Å². The maximum atomic E-state index is 12.1. The van der Waals surface area contributed by atoms with E-state index >= 15 is 0 Å². The Hall–Kier alpha value is -1.04. The van der Waals surface area contributed by atoms with Crippen molar-refractivity contribution in [2.45, 2.75) is 17.9 Å². The topological polar surface area (TPSA) is 49.8 Å². The maximum absolute atomic E-state index is 12.1. The summed E-state index contributed by atoms with van der Waals surface area (Å²) in [4.78, 5) is 15.0. The molecule has 19 heavy (non-hydrogen) atoms. The van der Waals surface area contributed by atoms with Crippen LogP contribution in [0.5, 0.6) is 0 Å². The lowest BCUT2D eigenvalue weighted by molar-refractivity contribution is -0.138. The van der Waals surface area contributed by atoms with Gasteiger partial charge in [0.1, 0.15) is 0 Å². The number of aliphatic hydroxyl groups excluding tert-OH is 1. The Balaban J connectivity index is 1.87. The lowest BCUT2D eigenvalue weighted by Gasteiger charge is -2.34. The van der Waals surface area contributed by atoms with Crippen LogP contribution in [-0.4, -0.2) is 54.1 Å². The largest absolute Gasteiger partial charge is 0.394 e. The minimum Gasteiger partial charge on any atom is -0.394 e. The Bertz CT molecular complexity index is 421. The van der Waals surface area contributed by atoms with E-state index in [0.29, 0.717) is 25.5 Å². The zero-order valence-electron chi connectivity index (χ0n) is 11.0. The number of carbonyl (C=O) groups is 1. The van der Waals surface area contributed by atoms with Crippen molar-refractivity contribution in [2.75, 3.05) is 32.1 Å². The minimum absolute atomic E-state index is 0.0407. The van der Waals surface area contributed by atoms with Crippen molar-refractivity contribution < 1.29 is 14.6 Å². The number of aliphatic hydroxyl groups is 1. The fourth-order valence-corrected chi connectivity index (χ4v) is 2.78. The van der Waals surface area contributed by atoms with Crippen LogP contribution >= 0.6 is 11.8 Å². The molecule has 1 amide bonds. The van der Waals surface area contributed by atoms with Crippen LogP contribution in [0, 0.1) is 6.92 Å². The second-order valence-corrected chi connectivity index (χ2v) is 5.65. The number of ether oxygens (including phenoxy) is 1. The van der Waals surface area contributed by atoms with Crippen LogP contribution in [0.4, 0.5) is 0 Å². The number of hydrogen-bond donors (Lipinski definition) is 1. The molecule has 0 spiro atoms. The summed E-state index contributed by atoms with van der Waals surface area (Å²) in [5, 5.41) is 9.25. The molecular formula is C14H19NO3S. The predicted octanol–water partition coefficient (Wildman–Crippen LogP) is 1.31. The number of nitrogens with zero attached hydrogens (tertiary/aromatic N) is 1. The van der Waals surface area contributed by atoms with Gasteiger partial charge in [0, 0.05) is 11.4 Å². The standard InChI is InChI=1S/C14H19NO3S/c1-11-2-4-13(5-3-11)19-10-14(17)15-6-7-18-9-12(15)8-16/h2-5,12,16H,6-10H2,1H3. The summed E-state index contributed by atoms with van der Waals surface area (Å²) < 4.78 is 5.27. The monoisotopic (exact) mass is 281 g/mol. The number of aryl methyl sites for hydroxylation is 1. The van der Waals surface area contributed by atoms with Crippen LogP contribution in [-0.2, 0) is 9.53 Å². The molecule has 1 aromatic carbocycles. The van der Waals surface area contributed by atoms with Crippen molar-refractivity contribution >= 4 is 17.7 Å². The van der Waals surface area contributed by atoms with Crippen LogP contribution in [0.15, 0.2) is 29.2 Å². The normalized spacial score (nSPS) is 19.5. The second-order valence-electron chi connectivity index (χ2n) is 4.60. The molecule has 0 bridgehead atoms. The molecule has 0 radical (unpaired) electrons. The molecule has 0 aromatic heterocycles. The van der Waals surface area contributed by atoms with E-state index < -0.39 is 0 Å². The first-order valence-electron chi connectivity index (χ1n) is 6.38. The van der Waals surface area contributed by atoms with Crippen molar-refractivity contribution in [3.63, 3.8) is 0 Å². The molecule has 4 nitrogen and oxygen atoms in total. The lowest BCUT2D eigenvalue weighted by atomic mass is 10.2. The maximum Gasteiger partial charge on any atom is 0.233 e. The quantitative estimate of drug-likeness (QED) is 0.845. The fourth-order valence-electron chi connectivity index (χ4n) is 2.00. The van der Waals surface area contributed by atoms with E-state index in [0.717, 1.165) is 4.90 Å². The average Bonchev–Trinajstić information content (AvgIpc) is 2.46. The van der Waals surface area contributed by atoms with Gasteiger partial charge in [-0.1, -0.05) is 17.7 Å². The number of amides is 1. The van der Waals surface area contributed by atoms with E-state index in [4.69, 9.17) is 4.74 Å². The molecule has 1 fully saturated rings. The number of morpholine rings is 1. The highest BCUT2D eigenvalue weighted by atomic mass is 32.2. The van der Waals surface area contributed by atoms with Gasteiger partial charge in [0.25, 0.3) is 0 Å². The van der Waals surface area contributed by atoms with Gasteiger partial charge in [-0.05, 0) is 19.1 Å². The first-order valence-corrected chi connectivity index (χ1v) is 7.37. The van der Waals surface area contributed by atoms with Gasteiger partial charge in [-0.25, -0.2) is 0 Å². The Morgan fingerprint density at radius 2 is 2.21 bits per heavy atom. The Morgan fingerprint density at radius 3 is 2.89 bits per heavy atom. The van der Waals surface area contributed by atoms with Gasteiger partial charge in [-0.2, -0.15) is 0 Å². The second kappa shape index (κ2) is 6.93. The van der Waals surface area contributed by atoms with Gasteiger partial charge in [0.05, 0.1) is 31.6 Å². The molecule has 1 atom stereocenters. The van der Waals surface area contributed by atoms with E-state index in [1.54, 1.807) is 4.90 Å². The highest BCUT2D eigenvalue weighted by Crippen LogP contribution is 2.19. The van der Waals surface area contributed by atoms with Gasteiger partial charge in [-0.3, -0.25) is 4.79 Å². The van der Waals surface area contributed by atoms with E-state index in [9.17, 15) is 9.90 Å². The summed E-state index contributed by atoms with van der Waals surface area (Å²) >= 11 is 1.53. The third-order valence-electron chi connectivity index (χ3n) is 3.14. The zero-order chi connectivity index (χ0) is 13.7. The molecule has 104 valence electrons. The van der Waals surface area contributed by atoms with Crippen LogP contribution in [0.25, 0.3) is 0 Å². The third-order valence-corrected chi connectivity index (χ3v) is 4.14. The Labute approximate surface area is 117 Å². The van der Waals surface area contributed by atoms with Crippen molar-refractivity contribution in [3.8, 4) is 0 Å². The molecule has 1 unspecified atom stereocenters. The Morgan fingerprint density at radius 1 is 1.47 bits per heavy atom. The van der Waals surface area contributed by atoms with Crippen LogP contribution in [0.3, 0.4) is 0 Å². The summed E-state index contributed by atoms with van der Waals surface area (Å²) in [5.41, 5.74) is 1.21. The highest BCUT2D eigenvalue weighted by Gasteiger charge is 2.26. The van der Waals surface area contributed by atoms with Crippen LogP contribution in [0.1, 0.15) is 5.56 Å². The fraction of sp³-hybridized carbons (Fsp3) is 0.500. The van der Waals surface area contributed by atoms with Gasteiger partial charge in [0.15, 0.2) is 0 Å². The SMILES string of the molecule is Cc1ccc(SCC(=O)N2CCOCC2CO)cc1. The van der Waals surface area contributed by atoms with Crippen molar-refractivity contribution in [1.29, 1.82) is 0 Å². The number of rotatable bonds is 4. The first kappa shape index (κ1) is 14.4. The molecule has 0 saturated carbocycles. The van der Waals surface area contributed by atoms with Crippen LogP contribution in [0.2, 0.25) is 0 Å². The molecule has 5 heteroatoms.